The minimum Gasteiger partial charge on any atom is -0.493 e. The molecule has 164 valence electrons. The molecule has 32 heavy (non-hydrogen) atoms. The third kappa shape index (κ3) is 4.00. The van der Waals surface area contributed by atoms with Gasteiger partial charge in [0.2, 0.25) is 0 Å². The average molecular weight is 452 g/mol. The van der Waals surface area contributed by atoms with Gasteiger partial charge in [-0.3, -0.25) is 20.4 Å². The van der Waals surface area contributed by atoms with E-state index in [9.17, 15) is 9.59 Å². The Balaban J connectivity index is 1.60. The van der Waals surface area contributed by atoms with Crippen molar-refractivity contribution in [2.45, 2.75) is 13.8 Å². The highest BCUT2D eigenvalue weighted by Crippen LogP contribution is 2.31. The van der Waals surface area contributed by atoms with Crippen molar-refractivity contribution >= 4 is 34.3 Å². The van der Waals surface area contributed by atoms with Crippen molar-refractivity contribution in [3.05, 3.63) is 58.1 Å². The van der Waals surface area contributed by atoms with Crippen LogP contribution in [-0.2, 0) is 0 Å². The van der Waals surface area contributed by atoms with E-state index in [1.165, 1.54) is 20.3 Å². The van der Waals surface area contributed by atoms with Gasteiger partial charge in [-0.2, -0.15) is 0 Å². The summed E-state index contributed by atoms with van der Waals surface area (Å²) < 4.78 is 15.7. The first-order valence-corrected chi connectivity index (χ1v) is 10.4. The number of hydrogen-bond donors (Lipinski definition) is 2. The lowest BCUT2D eigenvalue weighted by molar-refractivity contribution is 0.0847. The molecular formula is C22H20N4O5S. The summed E-state index contributed by atoms with van der Waals surface area (Å²) in [5, 5.41) is 4.42. The maximum Gasteiger partial charge on any atom is 0.270 e. The lowest BCUT2D eigenvalue weighted by Gasteiger charge is -2.11. The standard InChI is InChI=1S/C22H20N4O5S/c1-11-5-8-18(32-11)15-10-14(19-12(2)26-31-22(19)23-15)21(28)25-24-20(27)13-6-7-16(29-3)17(9-13)30-4/h5-10H,1-4H3,(H,24,27)(H,25,28). The maximum absolute atomic E-state index is 13.0. The number of fused-ring (bicyclic) bond motifs is 1. The van der Waals surface area contributed by atoms with Crippen molar-refractivity contribution in [3.8, 4) is 22.1 Å². The summed E-state index contributed by atoms with van der Waals surface area (Å²) in [6, 6.07) is 10.3. The summed E-state index contributed by atoms with van der Waals surface area (Å²) in [7, 11) is 2.98. The first kappa shape index (κ1) is 21.3. The molecule has 0 saturated carbocycles. The number of nitrogens with zero attached hydrogens (tertiary/aromatic N) is 2. The molecule has 2 N–H and O–H groups in total. The van der Waals surface area contributed by atoms with Crippen LogP contribution in [0.2, 0.25) is 0 Å². The van der Waals surface area contributed by atoms with Crippen LogP contribution in [0.5, 0.6) is 11.5 Å². The lowest BCUT2D eigenvalue weighted by atomic mass is 10.1. The van der Waals surface area contributed by atoms with E-state index >= 15 is 0 Å². The quantitative estimate of drug-likeness (QED) is 0.444. The molecule has 0 saturated heterocycles. The number of benzene rings is 1. The highest BCUT2D eigenvalue weighted by Gasteiger charge is 2.21. The number of pyridine rings is 1. The molecule has 0 radical (unpaired) electrons. The number of amides is 2. The third-order valence-electron chi connectivity index (χ3n) is 4.79. The van der Waals surface area contributed by atoms with Gasteiger partial charge in [0, 0.05) is 10.4 Å². The van der Waals surface area contributed by atoms with Gasteiger partial charge in [0.05, 0.1) is 41.4 Å². The molecular weight excluding hydrogens is 432 g/mol. The van der Waals surface area contributed by atoms with Gasteiger partial charge in [0.15, 0.2) is 11.5 Å². The number of hydrazine groups is 1. The highest BCUT2D eigenvalue weighted by atomic mass is 32.1. The second-order valence-corrected chi connectivity index (χ2v) is 8.18. The molecule has 3 aromatic heterocycles. The van der Waals surface area contributed by atoms with E-state index in [0.29, 0.717) is 39.4 Å². The van der Waals surface area contributed by atoms with Crippen LogP contribution in [0.4, 0.5) is 0 Å². The largest absolute Gasteiger partial charge is 0.493 e. The Kier molecular flexibility index (Phi) is 5.78. The van der Waals surface area contributed by atoms with Crippen LogP contribution in [0.25, 0.3) is 21.7 Å². The van der Waals surface area contributed by atoms with Crippen LogP contribution in [0, 0.1) is 13.8 Å². The van der Waals surface area contributed by atoms with Gasteiger partial charge in [-0.15, -0.1) is 11.3 Å². The first-order chi connectivity index (χ1) is 15.4. The molecule has 4 aromatic rings. The Labute approximate surface area is 187 Å². The Bertz CT molecular complexity index is 1330. The average Bonchev–Trinajstić information content (AvgIpc) is 3.41. The first-order valence-electron chi connectivity index (χ1n) is 9.57. The number of carbonyl (C=O) groups is 2. The molecule has 0 aliphatic carbocycles. The van der Waals surface area contributed by atoms with Crippen LogP contribution in [0.1, 0.15) is 31.3 Å². The number of aryl methyl sites for hydroxylation is 2. The fourth-order valence-electron chi connectivity index (χ4n) is 3.20. The summed E-state index contributed by atoms with van der Waals surface area (Å²) >= 11 is 1.55. The molecule has 0 atom stereocenters. The molecule has 10 heteroatoms. The van der Waals surface area contributed by atoms with Crippen molar-refractivity contribution in [2.24, 2.45) is 0 Å². The Hall–Kier alpha value is -3.92. The molecule has 0 aliphatic rings. The van der Waals surface area contributed by atoms with Gasteiger partial charge in [-0.25, -0.2) is 4.98 Å². The Morgan fingerprint density at radius 3 is 2.41 bits per heavy atom. The molecule has 2 amide bonds. The van der Waals surface area contributed by atoms with Crippen LogP contribution in [-0.4, -0.2) is 36.2 Å². The molecule has 1 aromatic carbocycles. The number of thiophene rings is 1. The zero-order valence-electron chi connectivity index (χ0n) is 17.8. The zero-order valence-corrected chi connectivity index (χ0v) is 18.6. The van der Waals surface area contributed by atoms with Gasteiger partial charge in [-0.05, 0) is 50.2 Å². The SMILES string of the molecule is COc1ccc(C(=O)NNC(=O)c2cc(-c3ccc(C)s3)nc3onc(C)c23)cc1OC. The maximum atomic E-state index is 13.0. The lowest BCUT2D eigenvalue weighted by Crippen LogP contribution is -2.41. The molecule has 0 bridgehead atoms. The number of aromatic nitrogens is 2. The number of methoxy groups -OCH3 is 2. The monoisotopic (exact) mass is 452 g/mol. The molecule has 4 rings (SSSR count). The number of ether oxygens (including phenoxy) is 2. The van der Waals surface area contributed by atoms with E-state index < -0.39 is 11.8 Å². The van der Waals surface area contributed by atoms with Crippen LogP contribution in [0.15, 0.2) is 40.9 Å². The summed E-state index contributed by atoms with van der Waals surface area (Å²) in [4.78, 5) is 32.0. The molecule has 0 spiro atoms. The number of carbonyl (C=O) groups excluding carboxylic acids is 2. The van der Waals surface area contributed by atoms with Crippen LogP contribution in [0.3, 0.4) is 0 Å². The highest BCUT2D eigenvalue weighted by molar-refractivity contribution is 7.15. The minimum absolute atomic E-state index is 0.252. The topological polar surface area (TPSA) is 116 Å². The van der Waals surface area contributed by atoms with E-state index in [1.54, 1.807) is 36.5 Å². The van der Waals surface area contributed by atoms with E-state index in [1.807, 2.05) is 19.1 Å². The fourth-order valence-corrected chi connectivity index (χ4v) is 4.03. The normalized spacial score (nSPS) is 10.8. The van der Waals surface area contributed by atoms with Crippen molar-refractivity contribution in [2.75, 3.05) is 14.2 Å². The van der Waals surface area contributed by atoms with Crippen molar-refractivity contribution < 1.29 is 23.6 Å². The summed E-state index contributed by atoms with van der Waals surface area (Å²) in [5.41, 5.74) is 6.82. The van der Waals surface area contributed by atoms with Crippen LogP contribution < -0.4 is 20.3 Å². The number of rotatable bonds is 5. The Morgan fingerprint density at radius 1 is 0.969 bits per heavy atom. The molecule has 0 fully saturated rings. The van der Waals surface area contributed by atoms with E-state index in [2.05, 4.69) is 21.0 Å². The van der Waals surface area contributed by atoms with Gasteiger partial charge in [-0.1, -0.05) is 5.16 Å². The molecule has 0 aliphatic heterocycles. The second-order valence-electron chi connectivity index (χ2n) is 6.89. The van der Waals surface area contributed by atoms with Gasteiger partial charge in [0.1, 0.15) is 0 Å². The second kappa shape index (κ2) is 8.67. The predicted molar refractivity (Wildman–Crippen MR) is 119 cm³/mol. The van der Waals surface area contributed by atoms with Gasteiger partial charge < -0.3 is 14.0 Å². The summed E-state index contributed by atoms with van der Waals surface area (Å²) in [5.74, 6) is -0.141. The minimum atomic E-state index is -0.521. The van der Waals surface area contributed by atoms with Crippen molar-refractivity contribution in [1.82, 2.24) is 21.0 Å². The molecule has 3 heterocycles. The van der Waals surface area contributed by atoms with Gasteiger partial charge in [0.25, 0.3) is 17.5 Å². The zero-order chi connectivity index (χ0) is 22.8. The van der Waals surface area contributed by atoms with Gasteiger partial charge >= 0.3 is 0 Å². The number of nitrogens with one attached hydrogen (secondary N) is 2. The molecule has 0 unspecified atom stereocenters. The van der Waals surface area contributed by atoms with Crippen LogP contribution >= 0.6 is 11.3 Å². The van der Waals surface area contributed by atoms with Crippen molar-refractivity contribution in [3.63, 3.8) is 0 Å². The smallest absolute Gasteiger partial charge is 0.270 e. The van der Waals surface area contributed by atoms with E-state index in [0.717, 1.165) is 9.75 Å². The third-order valence-corrected chi connectivity index (χ3v) is 5.81. The predicted octanol–water partition coefficient (Wildman–Crippen LogP) is 3.66. The van der Waals surface area contributed by atoms with Crippen molar-refractivity contribution in [1.29, 1.82) is 0 Å². The molecule has 9 nitrogen and oxygen atoms in total. The fraction of sp³-hybridized carbons (Fsp3) is 0.182. The van der Waals surface area contributed by atoms with E-state index in [-0.39, 0.29) is 5.71 Å². The summed E-state index contributed by atoms with van der Waals surface area (Å²) in [6.07, 6.45) is 0. The van der Waals surface area contributed by atoms with E-state index in [4.69, 9.17) is 14.0 Å². The summed E-state index contributed by atoms with van der Waals surface area (Å²) in [6.45, 7) is 3.71. The Morgan fingerprint density at radius 2 is 1.72 bits per heavy atom. The number of hydrogen-bond acceptors (Lipinski definition) is 8.